The third-order valence-electron chi connectivity index (χ3n) is 2.19. The maximum atomic E-state index is 12.2. The van der Waals surface area contributed by atoms with Crippen molar-refractivity contribution in [2.75, 3.05) is 5.75 Å². The van der Waals surface area contributed by atoms with Crippen molar-refractivity contribution in [1.82, 2.24) is 9.55 Å². The van der Waals surface area contributed by atoms with Gasteiger partial charge in [-0.3, -0.25) is 19.0 Å². The number of thiophene rings is 1. The van der Waals surface area contributed by atoms with Gasteiger partial charge in [-0.2, -0.15) is 0 Å². The molecule has 2 rings (SSSR count). The minimum Gasteiger partial charge on any atom is -0.481 e. The van der Waals surface area contributed by atoms with Crippen LogP contribution in [-0.2, 0) is 16.1 Å². The quantitative estimate of drug-likeness (QED) is 0.598. The predicted octanol–water partition coefficient (Wildman–Crippen LogP) is 0.120. The Labute approximate surface area is 115 Å². The molecule has 2 aromatic rings. The molecule has 0 atom stereocenters. The molecule has 19 heavy (non-hydrogen) atoms. The SMILES string of the molecule is NC(=O)Cn1c(SCC(=O)O)nc2sccc2c1=O. The lowest BCUT2D eigenvalue weighted by Gasteiger charge is -2.08. The third kappa shape index (κ3) is 2.93. The number of aromatic nitrogens is 2. The zero-order valence-electron chi connectivity index (χ0n) is 9.53. The summed E-state index contributed by atoms with van der Waals surface area (Å²) in [7, 11) is 0. The average Bonchev–Trinajstić information content (AvgIpc) is 2.78. The van der Waals surface area contributed by atoms with Gasteiger partial charge >= 0.3 is 5.97 Å². The van der Waals surface area contributed by atoms with E-state index in [9.17, 15) is 14.4 Å². The molecule has 0 saturated heterocycles. The molecule has 0 aliphatic rings. The van der Waals surface area contributed by atoms with E-state index in [2.05, 4.69) is 4.98 Å². The smallest absolute Gasteiger partial charge is 0.313 e. The van der Waals surface area contributed by atoms with Crippen LogP contribution in [0.5, 0.6) is 0 Å². The van der Waals surface area contributed by atoms with E-state index in [0.29, 0.717) is 10.2 Å². The average molecular weight is 299 g/mol. The third-order valence-corrected chi connectivity index (χ3v) is 3.95. The Hall–Kier alpha value is -1.87. The molecular weight excluding hydrogens is 290 g/mol. The van der Waals surface area contributed by atoms with Crippen molar-refractivity contribution in [3.05, 3.63) is 21.8 Å². The van der Waals surface area contributed by atoms with Gasteiger partial charge in [0.25, 0.3) is 5.56 Å². The highest BCUT2D eigenvalue weighted by atomic mass is 32.2. The number of primary amides is 1. The molecular formula is C10H9N3O4S2. The number of nitrogens with zero attached hydrogens (tertiary/aromatic N) is 2. The second-order valence-electron chi connectivity index (χ2n) is 3.57. The number of thioether (sulfide) groups is 1. The molecule has 0 fully saturated rings. The molecule has 0 bridgehead atoms. The number of fused-ring (bicyclic) bond motifs is 1. The highest BCUT2D eigenvalue weighted by Gasteiger charge is 2.15. The molecule has 100 valence electrons. The van der Waals surface area contributed by atoms with E-state index in [0.717, 1.165) is 16.3 Å². The van der Waals surface area contributed by atoms with Gasteiger partial charge in [0.05, 0.1) is 11.1 Å². The fraction of sp³-hybridized carbons (Fsp3) is 0.200. The van der Waals surface area contributed by atoms with Crippen LogP contribution in [0.25, 0.3) is 10.2 Å². The zero-order chi connectivity index (χ0) is 14.0. The number of carboxylic acid groups (broad SMARTS) is 1. The number of aliphatic carboxylic acids is 1. The first-order valence-electron chi connectivity index (χ1n) is 5.10. The van der Waals surface area contributed by atoms with Gasteiger partial charge in [0.1, 0.15) is 11.4 Å². The van der Waals surface area contributed by atoms with E-state index in [1.165, 1.54) is 11.3 Å². The Morgan fingerprint density at radius 1 is 1.53 bits per heavy atom. The summed E-state index contributed by atoms with van der Waals surface area (Å²) in [5.74, 6) is -1.96. The van der Waals surface area contributed by atoms with Crippen LogP contribution < -0.4 is 11.3 Å². The Bertz CT molecular complexity index is 706. The highest BCUT2D eigenvalue weighted by Crippen LogP contribution is 2.20. The Kier molecular flexibility index (Phi) is 3.86. The second-order valence-corrected chi connectivity index (χ2v) is 5.41. The fourth-order valence-corrected chi connectivity index (χ4v) is 2.99. The van der Waals surface area contributed by atoms with Crippen LogP contribution in [0.4, 0.5) is 0 Å². The Morgan fingerprint density at radius 2 is 2.26 bits per heavy atom. The summed E-state index contributed by atoms with van der Waals surface area (Å²) >= 11 is 2.16. The van der Waals surface area contributed by atoms with Crippen LogP contribution in [0.1, 0.15) is 0 Å². The lowest BCUT2D eigenvalue weighted by atomic mass is 10.4. The molecule has 0 radical (unpaired) electrons. The summed E-state index contributed by atoms with van der Waals surface area (Å²) in [4.78, 5) is 38.4. The summed E-state index contributed by atoms with van der Waals surface area (Å²) in [6, 6.07) is 1.61. The summed E-state index contributed by atoms with van der Waals surface area (Å²) < 4.78 is 1.10. The minimum atomic E-state index is -1.03. The standard InChI is InChI=1S/C10H9N3O4S2/c11-6(14)3-13-9(17)5-1-2-18-8(5)12-10(13)19-4-7(15)16/h1-2H,3-4H2,(H2,11,14)(H,15,16). The number of carboxylic acids is 1. The van der Waals surface area contributed by atoms with Crippen molar-refractivity contribution in [3.8, 4) is 0 Å². The molecule has 0 aromatic carbocycles. The topological polar surface area (TPSA) is 115 Å². The van der Waals surface area contributed by atoms with Crippen LogP contribution >= 0.6 is 23.1 Å². The number of rotatable bonds is 5. The van der Waals surface area contributed by atoms with E-state index < -0.39 is 17.4 Å². The monoisotopic (exact) mass is 299 g/mol. The first kappa shape index (κ1) is 13.6. The van der Waals surface area contributed by atoms with Crippen molar-refractivity contribution in [3.63, 3.8) is 0 Å². The van der Waals surface area contributed by atoms with Gasteiger partial charge in [0.15, 0.2) is 5.16 Å². The zero-order valence-corrected chi connectivity index (χ0v) is 11.2. The summed E-state index contributed by atoms with van der Waals surface area (Å²) in [6.07, 6.45) is 0. The van der Waals surface area contributed by atoms with Crippen molar-refractivity contribution in [2.24, 2.45) is 5.73 Å². The first-order chi connectivity index (χ1) is 8.99. The van der Waals surface area contributed by atoms with Crippen LogP contribution in [0.2, 0.25) is 0 Å². The lowest BCUT2D eigenvalue weighted by molar-refractivity contribution is -0.133. The second kappa shape index (κ2) is 5.41. The predicted molar refractivity (Wildman–Crippen MR) is 71.4 cm³/mol. The van der Waals surface area contributed by atoms with E-state index in [4.69, 9.17) is 10.8 Å². The molecule has 3 N–H and O–H groups in total. The van der Waals surface area contributed by atoms with Crippen molar-refractivity contribution >= 4 is 45.2 Å². The van der Waals surface area contributed by atoms with Gasteiger partial charge in [0.2, 0.25) is 5.91 Å². The van der Waals surface area contributed by atoms with Gasteiger partial charge in [-0.25, -0.2) is 4.98 Å². The van der Waals surface area contributed by atoms with E-state index in [1.54, 1.807) is 11.4 Å². The van der Waals surface area contributed by atoms with Crippen LogP contribution in [-0.4, -0.2) is 32.3 Å². The molecule has 0 saturated carbocycles. The molecule has 0 aliphatic heterocycles. The van der Waals surface area contributed by atoms with Gasteiger partial charge in [0, 0.05) is 0 Å². The van der Waals surface area contributed by atoms with Crippen LogP contribution in [0.15, 0.2) is 21.4 Å². The molecule has 7 nitrogen and oxygen atoms in total. The maximum Gasteiger partial charge on any atom is 0.313 e. The molecule has 2 heterocycles. The van der Waals surface area contributed by atoms with Crippen molar-refractivity contribution in [1.29, 1.82) is 0 Å². The number of carbonyl (C=O) groups excluding carboxylic acids is 1. The van der Waals surface area contributed by atoms with Gasteiger partial charge in [-0.15, -0.1) is 11.3 Å². The molecule has 2 aromatic heterocycles. The first-order valence-corrected chi connectivity index (χ1v) is 6.96. The number of nitrogens with two attached hydrogens (primary N) is 1. The number of hydrogen-bond donors (Lipinski definition) is 2. The lowest BCUT2D eigenvalue weighted by Crippen LogP contribution is -2.30. The Balaban J connectivity index is 2.54. The van der Waals surface area contributed by atoms with E-state index in [1.807, 2.05) is 0 Å². The normalized spacial score (nSPS) is 10.7. The molecule has 0 unspecified atom stereocenters. The van der Waals surface area contributed by atoms with Gasteiger partial charge in [-0.1, -0.05) is 11.8 Å². The van der Waals surface area contributed by atoms with Crippen LogP contribution in [0.3, 0.4) is 0 Å². The van der Waals surface area contributed by atoms with Crippen LogP contribution in [0, 0.1) is 0 Å². The van der Waals surface area contributed by atoms with E-state index in [-0.39, 0.29) is 17.5 Å². The van der Waals surface area contributed by atoms with Gasteiger partial charge < -0.3 is 10.8 Å². The summed E-state index contributed by atoms with van der Waals surface area (Å²) in [6.45, 7) is -0.320. The van der Waals surface area contributed by atoms with Crippen molar-refractivity contribution < 1.29 is 14.7 Å². The Morgan fingerprint density at radius 3 is 2.89 bits per heavy atom. The fourth-order valence-electron chi connectivity index (χ4n) is 1.46. The number of carbonyl (C=O) groups is 2. The highest BCUT2D eigenvalue weighted by molar-refractivity contribution is 7.99. The molecule has 9 heteroatoms. The molecule has 0 spiro atoms. The molecule has 1 amide bonds. The maximum absolute atomic E-state index is 12.2. The number of amides is 1. The summed E-state index contributed by atoms with van der Waals surface area (Å²) in [5, 5.41) is 10.9. The summed E-state index contributed by atoms with van der Waals surface area (Å²) in [5.41, 5.74) is 4.70. The molecule has 0 aliphatic carbocycles. The van der Waals surface area contributed by atoms with Crippen molar-refractivity contribution in [2.45, 2.75) is 11.7 Å². The van der Waals surface area contributed by atoms with E-state index >= 15 is 0 Å². The minimum absolute atomic E-state index is 0.182. The van der Waals surface area contributed by atoms with Gasteiger partial charge in [-0.05, 0) is 11.4 Å². The largest absolute Gasteiger partial charge is 0.481 e. The number of hydrogen-bond acceptors (Lipinski definition) is 6.